The van der Waals surface area contributed by atoms with Gasteiger partial charge in [-0.15, -0.1) is 0 Å². The van der Waals surface area contributed by atoms with Gasteiger partial charge in [-0.25, -0.2) is 4.79 Å². The van der Waals surface area contributed by atoms with Gasteiger partial charge >= 0.3 is 6.09 Å². The van der Waals surface area contributed by atoms with Crippen LogP contribution in [0.15, 0.2) is 30.3 Å². The first kappa shape index (κ1) is 19.5. The molecule has 1 atom stereocenters. The molecular formula is C18H28N2O4Si. The number of methoxy groups -OCH3 is 1. The molecule has 138 valence electrons. The maximum atomic E-state index is 12.2. The van der Waals surface area contributed by atoms with E-state index in [9.17, 15) is 9.59 Å². The molecule has 0 saturated carbocycles. The molecule has 2 amide bonds. The van der Waals surface area contributed by atoms with Gasteiger partial charge in [-0.1, -0.05) is 57.3 Å². The zero-order valence-electron chi connectivity index (χ0n) is 15.7. The molecule has 0 aliphatic carbocycles. The van der Waals surface area contributed by atoms with Gasteiger partial charge in [0.25, 0.3) is 0 Å². The quantitative estimate of drug-likeness (QED) is 0.597. The Morgan fingerprint density at radius 1 is 1.32 bits per heavy atom. The van der Waals surface area contributed by atoms with Crippen molar-refractivity contribution in [1.82, 2.24) is 9.88 Å². The van der Waals surface area contributed by atoms with Crippen molar-refractivity contribution < 1.29 is 19.1 Å². The molecule has 1 saturated heterocycles. The van der Waals surface area contributed by atoms with E-state index >= 15 is 0 Å². The molecule has 0 aromatic heterocycles. The highest BCUT2D eigenvalue weighted by molar-refractivity contribution is 6.80. The predicted octanol–water partition coefficient (Wildman–Crippen LogP) is 2.76. The zero-order chi connectivity index (χ0) is 18.7. The second kappa shape index (κ2) is 7.57. The molecular weight excluding hydrogens is 336 g/mol. The van der Waals surface area contributed by atoms with Gasteiger partial charge in [-0.05, 0) is 10.6 Å². The van der Waals surface area contributed by atoms with Crippen molar-refractivity contribution in [2.24, 2.45) is 0 Å². The van der Waals surface area contributed by atoms with E-state index < -0.39 is 14.3 Å². The first-order valence-corrected chi connectivity index (χ1v) is 11.4. The van der Waals surface area contributed by atoms with E-state index in [1.165, 1.54) is 0 Å². The number of alkyl carbamates (subject to hydrolysis) is 1. The standard InChI is InChI=1S/C18H28N2O4Si/c1-18(2,25(4,5)20-11-15(23-3)16(20)21)13-19-17(22)24-12-14-9-7-6-8-10-14/h6-10,15H,11-13H2,1-5H3,(H,19,22). The van der Waals surface area contributed by atoms with Crippen molar-refractivity contribution in [1.29, 1.82) is 0 Å². The topological polar surface area (TPSA) is 67.9 Å². The third-order valence-corrected chi connectivity index (χ3v) is 10.6. The number of rotatable bonds is 7. The maximum Gasteiger partial charge on any atom is 0.407 e. The average Bonchev–Trinajstić information content (AvgIpc) is 2.57. The van der Waals surface area contributed by atoms with Crippen molar-refractivity contribution in [2.45, 2.75) is 44.7 Å². The molecule has 1 aromatic carbocycles. The molecule has 2 rings (SSSR count). The van der Waals surface area contributed by atoms with Gasteiger partial charge in [0.05, 0.1) is 0 Å². The van der Waals surface area contributed by atoms with Crippen molar-refractivity contribution in [3.05, 3.63) is 35.9 Å². The van der Waals surface area contributed by atoms with Crippen molar-refractivity contribution in [2.75, 3.05) is 20.2 Å². The van der Waals surface area contributed by atoms with E-state index in [4.69, 9.17) is 9.47 Å². The summed E-state index contributed by atoms with van der Waals surface area (Å²) in [5.41, 5.74) is 0.948. The van der Waals surface area contributed by atoms with Crippen molar-refractivity contribution in [3.63, 3.8) is 0 Å². The van der Waals surface area contributed by atoms with Crippen LogP contribution in [-0.4, -0.2) is 51.1 Å². The summed E-state index contributed by atoms with van der Waals surface area (Å²) in [7, 11) is -0.529. The van der Waals surface area contributed by atoms with Gasteiger partial charge in [0.15, 0.2) is 14.3 Å². The zero-order valence-corrected chi connectivity index (χ0v) is 16.7. The normalized spacial score (nSPS) is 17.9. The van der Waals surface area contributed by atoms with Crippen LogP contribution in [0, 0.1) is 0 Å². The summed E-state index contributed by atoms with van der Waals surface area (Å²) in [5.74, 6) is 0.0545. The Balaban J connectivity index is 1.85. The van der Waals surface area contributed by atoms with E-state index in [1.807, 2.05) is 34.9 Å². The number of β-lactam (4-membered cyclic amide) rings is 1. The molecule has 7 heteroatoms. The predicted molar refractivity (Wildman–Crippen MR) is 98.7 cm³/mol. The van der Waals surface area contributed by atoms with Crippen LogP contribution >= 0.6 is 0 Å². The number of amides is 2. The van der Waals surface area contributed by atoms with Gasteiger partial charge in [0.1, 0.15) is 6.61 Å². The largest absolute Gasteiger partial charge is 0.445 e. The summed E-state index contributed by atoms with van der Waals surface area (Å²) >= 11 is 0. The first-order chi connectivity index (χ1) is 11.7. The summed E-state index contributed by atoms with van der Waals surface area (Å²) in [4.78, 5) is 24.2. The van der Waals surface area contributed by atoms with E-state index in [0.717, 1.165) is 5.56 Å². The van der Waals surface area contributed by atoms with Crippen LogP contribution in [0.4, 0.5) is 4.79 Å². The fourth-order valence-corrected chi connectivity index (χ4v) is 5.29. The highest BCUT2D eigenvalue weighted by atomic mass is 28.3. The number of hydrogen-bond donors (Lipinski definition) is 1. The number of ether oxygens (including phenoxy) is 2. The van der Waals surface area contributed by atoms with Crippen LogP contribution in [0.3, 0.4) is 0 Å². The smallest absolute Gasteiger partial charge is 0.407 e. The van der Waals surface area contributed by atoms with Crippen LogP contribution in [0.5, 0.6) is 0 Å². The molecule has 1 N–H and O–H groups in total. The van der Waals surface area contributed by atoms with Gasteiger partial charge in [0.2, 0.25) is 5.91 Å². The van der Waals surface area contributed by atoms with Crippen molar-refractivity contribution >= 4 is 20.2 Å². The Kier molecular flexibility index (Phi) is 5.90. The minimum Gasteiger partial charge on any atom is -0.445 e. The number of hydrogen-bond acceptors (Lipinski definition) is 4. The molecule has 1 aromatic rings. The number of carbonyl (C=O) groups excluding carboxylic acids is 2. The average molecular weight is 365 g/mol. The lowest BCUT2D eigenvalue weighted by atomic mass is 10.2. The summed E-state index contributed by atoms with van der Waals surface area (Å²) < 4.78 is 12.3. The van der Waals surface area contributed by atoms with Crippen LogP contribution in [0.1, 0.15) is 19.4 Å². The third-order valence-electron chi connectivity index (χ3n) is 5.39. The Morgan fingerprint density at radius 3 is 2.52 bits per heavy atom. The summed E-state index contributed by atoms with van der Waals surface area (Å²) in [6.45, 7) is 9.81. The first-order valence-electron chi connectivity index (χ1n) is 8.48. The van der Waals surface area contributed by atoms with Gasteiger partial charge in [-0.2, -0.15) is 0 Å². The highest BCUT2D eigenvalue weighted by Crippen LogP contribution is 2.41. The number of nitrogens with one attached hydrogen (secondary N) is 1. The monoisotopic (exact) mass is 364 g/mol. The Bertz CT molecular complexity index is 619. The Labute approximate surface area is 150 Å². The number of nitrogens with zero attached hydrogens (tertiary/aromatic N) is 1. The molecule has 1 unspecified atom stereocenters. The number of benzene rings is 1. The lowest BCUT2D eigenvalue weighted by molar-refractivity contribution is -0.151. The van der Waals surface area contributed by atoms with E-state index in [2.05, 4.69) is 32.3 Å². The fourth-order valence-electron chi connectivity index (χ4n) is 2.72. The highest BCUT2D eigenvalue weighted by Gasteiger charge is 2.53. The molecule has 0 spiro atoms. The summed E-state index contributed by atoms with van der Waals surface area (Å²) in [6, 6.07) is 9.56. The van der Waals surface area contributed by atoms with E-state index in [-0.39, 0.29) is 23.7 Å². The molecule has 1 aliphatic rings. The minimum atomic E-state index is -2.09. The van der Waals surface area contributed by atoms with Crippen LogP contribution in [0.25, 0.3) is 0 Å². The molecule has 0 radical (unpaired) electrons. The molecule has 6 nitrogen and oxygen atoms in total. The van der Waals surface area contributed by atoms with E-state index in [1.54, 1.807) is 7.11 Å². The van der Waals surface area contributed by atoms with E-state index in [0.29, 0.717) is 13.1 Å². The Hall–Kier alpha value is -1.86. The fraction of sp³-hybridized carbons (Fsp3) is 0.556. The second-order valence-electron chi connectivity index (χ2n) is 7.53. The lowest BCUT2D eigenvalue weighted by Crippen LogP contribution is -2.71. The maximum absolute atomic E-state index is 12.2. The van der Waals surface area contributed by atoms with Crippen LogP contribution in [-0.2, 0) is 20.9 Å². The molecule has 1 fully saturated rings. The lowest BCUT2D eigenvalue weighted by Gasteiger charge is -2.53. The van der Waals surface area contributed by atoms with Gasteiger partial charge < -0.3 is 19.4 Å². The number of carbonyl (C=O) groups is 2. The van der Waals surface area contributed by atoms with Crippen LogP contribution < -0.4 is 5.32 Å². The van der Waals surface area contributed by atoms with Gasteiger partial charge in [0, 0.05) is 20.2 Å². The van der Waals surface area contributed by atoms with Crippen molar-refractivity contribution in [3.8, 4) is 0 Å². The molecule has 1 aliphatic heterocycles. The summed E-state index contributed by atoms with van der Waals surface area (Å²) in [5, 5.41) is 2.65. The molecule has 0 bridgehead atoms. The Morgan fingerprint density at radius 2 is 1.96 bits per heavy atom. The molecule has 1 heterocycles. The van der Waals surface area contributed by atoms with Gasteiger partial charge in [-0.3, -0.25) is 4.79 Å². The summed E-state index contributed by atoms with van der Waals surface area (Å²) in [6.07, 6.45) is -0.752. The molecule has 25 heavy (non-hydrogen) atoms. The minimum absolute atomic E-state index is 0.0545. The second-order valence-corrected chi connectivity index (χ2v) is 12.5. The van der Waals surface area contributed by atoms with Crippen LogP contribution in [0.2, 0.25) is 18.1 Å². The SMILES string of the molecule is COC1CN([Si](C)(C)C(C)(C)CNC(=O)OCc2ccccc2)C1=O. The third kappa shape index (κ3) is 4.22.